The first-order valence-corrected chi connectivity index (χ1v) is 7.98. The fraction of sp³-hybridized carbons (Fsp3) is 0.889. The Morgan fingerprint density at radius 2 is 0.864 bits per heavy atom. The topological polar surface area (TPSA) is 80.9 Å². The van der Waals surface area contributed by atoms with Crippen molar-refractivity contribution in [3.8, 4) is 11.8 Å². The molecule has 0 bridgehead atoms. The molecule has 0 aliphatic heterocycles. The van der Waals surface area contributed by atoms with E-state index in [0.717, 1.165) is 0 Å². The number of hydrogen-bond acceptors (Lipinski definition) is 4. The second-order valence-electron chi connectivity index (χ2n) is 8.14. The van der Waals surface area contributed by atoms with Gasteiger partial charge >= 0.3 is 0 Å². The van der Waals surface area contributed by atoms with E-state index in [1.165, 1.54) is 27.7 Å². The summed E-state index contributed by atoms with van der Waals surface area (Å²) in [4.78, 5) is 0. The van der Waals surface area contributed by atoms with Crippen LogP contribution < -0.4 is 0 Å². The minimum atomic E-state index is -1.69. The van der Waals surface area contributed by atoms with Crippen molar-refractivity contribution in [1.29, 1.82) is 0 Å². The van der Waals surface area contributed by atoms with Crippen molar-refractivity contribution in [2.75, 3.05) is 0 Å². The Morgan fingerprint density at radius 1 is 0.636 bits per heavy atom. The van der Waals surface area contributed by atoms with Crippen LogP contribution in [0.1, 0.15) is 68.2 Å². The third-order valence-corrected chi connectivity index (χ3v) is 4.26. The van der Waals surface area contributed by atoms with Crippen LogP contribution in [0, 0.1) is 23.7 Å². The number of rotatable bonds is 6. The molecule has 0 heterocycles. The van der Waals surface area contributed by atoms with Gasteiger partial charge in [0.2, 0.25) is 0 Å². The molecule has 0 aliphatic carbocycles. The van der Waals surface area contributed by atoms with Crippen molar-refractivity contribution >= 4 is 0 Å². The van der Waals surface area contributed by atoms with Crippen LogP contribution in [0.4, 0.5) is 0 Å². The lowest BCUT2D eigenvalue weighted by atomic mass is 9.77. The van der Waals surface area contributed by atoms with Gasteiger partial charge in [-0.3, -0.25) is 0 Å². The van der Waals surface area contributed by atoms with Gasteiger partial charge in [-0.1, -0.05) is 39.5 Å². The predicted molar refractivity (Wildman–Crippen MR) is 89.2 cm³/mol. The lowest BCUT2D eigenvalue weighted by molar-refractivity contribution is -0.112. The first kappa shape index (κ1) is 21.4. The second kappa shape index (κ2) is 6.88. The van der Waals surface area contributed by atoms with Crippen LogP contribution >= 0.6 is 0 Å². The van der Waals surface area contributed by atoms with E-state index in [4.69, 9.17) is 0 Å². The predicted octanol–water partition coefficient (Wildman–Crippen LogP) is 2.09. The Hall–Kier alpha value is -0.600. The minimum absolute atomic E-state index is 0.188. The van der Waals surface area contributed by atoms with Crippen LogP contribution in [0.5, 0.6) is 0 Å². The van der Waals surface area contributed by atoms with Crippen molar-refractivity contribution in [2.45, 2.75) is 90.6 Å². The van der Waals surface area contributed by atoms with Gasteiger partial charge in [0.15, 0.2) is 11.2 Å². The van der Waals surface area contributed by atoms with E-state index in [0.29, 0.717) is 12.8 Å². The highest BCUT2D eigenvalue weighted by Crippen LogP contribution is 2.31. The Bertz CT molecular complexity index is 382. The standard InChI is InChI=1S/C18H34O4/c1-13(2)11-17(7,21)15(5,19)9-10-16(6,20)18(8,22)12-14(3)4/h13-14,19-22H,11-12H2,1-8H3. The van der Waals surface area contributed by atoms with E-state index in [-0.39, 0.29) is 11.8 Å². The number of hydrogen-bond donors (Lipinski definition) is 4. The molecule has 0 saturated carbocycles. The molecule has 4 atom stereocenters. The van der Waals surface area contributed by atoms with Gasteiger partial charge in [0.1, 0.15) is 11.2 Å². The van der Waals surface area contributed by atoms with E-state index in [1.54, 1.807) is 0 Å². The van der Waals surface area contributed by atoms with E-state index in [2.05, 4.69) is 11.8 Å². The molecule has 0 aliphatic rings. The summed E-state index contributed by atoms with van der Waals surface area (Å²) in [6.07, 6.45) is 0.748. The molecule has 0 rings (SSSR count). The van der Waals surface area contributed by atoms with Crippen LogP contribution in [0.15, 0.2) is 0 Å². The monoisotopic (exact) mass is 314 g/mol. The average molecular weight is 314 g/mol. The first-order valence-electron chi connectivity index (χ1n) is 7.98. The zero-order valence-corrected chi connectivity index (χ0v) is 15.4. The molecule has 4 unspecified atom stereocenters. The highest BCUT2D eigenvalue weighted by Gasteiger charge is 2.44. The highest BCUT2D eigenvalue weighted by atomic mass is 16.4. The maximum atomic E-state index is 10.5. The Kier molecular flexibility index (Phi) is 6.69. The quantitative estimate of drug-likeness (QED) is 0.566. The van der Waals surface area contributed by atoms with Gasteiger partial charge in [0.05, 0.1) is 0 Å². The fourth-order valence-electron chi connectivity index (χ4n) is 2.50. The lowest BCUT2D eigenvalue weighted by Gasteiger charge is -2.38. The van der Waals surface area contributed by atoms with Gasteiger partial charge in [-0.25, -0.2) is 0 Å². The van der Waals surface area contributed by atoms with Gasteiger partial charge in [-0.2, -0.15) is 0 Å². The van der Waals surface area contributed by atoms with Crippen LogP contribution in [-0.2, 0) is 0 Å². The maximum Gasteiger partial charge on any atom is 0.150 e. The van der Waals surface area contributed by atoms with Crippen molar-refractivity contribution < 1.29 is 20.4 Å². The molecular formula is C18H34O4. The summed E-state index contributed by atoms with van der Waals surface area (Å²) in [5.41, 5.74) is -6.19. The molecule has 0 spiro atoms. The summed E-state index contributed by atoms with van der Waals surface area (Å²) in [6, 6.07) is 0. The largest absolute Gasteiger partial charge is 0.386 e. The molecule has 130 valence electrons. The van der Waals surface area contributed by atoms with Crippen molar-refractivity contribution in [3.05, 3.63) is 0 Å². The van der Waals surface area contributed by atoms with Gasteiger partial charge in [0.25, 0.3) is 0 Å². The lowest BCUT2D eigenvalue weighted by Crippen LogP contribution is -2.52. The molecular weight excluding hydrogens is 280 g/mol. The Balaban J connectivity index is 5.42. The highest BCUT2D eigenvalue weighted by molar-refractivity contribution is 5.26. The molecule has 0 fully saturated rings. The molecule has 0 saturated heterocycles. The van der Waals surface area contributed by atoms with Gasteiger partial charge in [0, 0.05) is 0 Å². The van der Waals surface area contributed by atoms with Crippen molar-refractivity contribution in [2.24, 2.45) is 11.8 Å². The zero-order valence-electron chi connectivity index (χ0n) is 15.4. The molecule has 0 aromatic carbocycles. The molecule has 22 heavy (non-hydrogen) atoms. The van der Waals surface area contributed by atoms with E-state index in [9.17, 15) is 20.4 Å². The summed E-state index contributed by atoms with van der Waals surface area (Å²) >= 11 is 0. The van der Waals surface area contributed by atoms with Gasteiger partial charge in [-0.05, 0) is 52.4 Å². The van der Waals surface area contributed by atoms with Crippen molar-refractivity contribution in [1.82, 2.24) is 0 Å². The maximum absolute atomic E-state index is 10.5. The minimum Gasteiger partial charge on any atom is -0.386 e. The van der Waals surface area contributed by atoms with E-state index >= 15 is 0 Å². The smallest absolute Gasteiger partial charge is 0.150 e. The number of aliphatic hydroxyl groups is 4. The molecule has 0 amide bonds. The van der Waals surface area contributed by atoms with E-state index < -0.39 is 22.4 Å². The Labute approximate surface area is 135 Å². The first-order chi connectivity index (χ1) is 9.54. The van der Waals surface area contributed by atoms with Crippen molar-refractivity contribution in [3.63, 3.8) is 0 Å². The summed E-state index contributed by atoms with van der Waals surface area (Å²) in [6.45, 7) is 13.7. The molecule has 0 aromatic rings. The van der Waals surface area contributed by atoms with Gasteiger partial charge < -0.3 is 20.4 Å². The van der Waals surface area contributed by atoms with Crippen LogP contribution in [0.3, 0.4) is 0 Å². The Morgan fingerprint density at radius 3 is 1.05 bits per heavy atom. The molecule has 4 heteroatoms. The normalized spacial score (nSPS) is 23.0. The third-order valence-electron chi connectivity index (χ3n) is 4.26. The summed E-state index contributed by atoms with van der Waals surface area (Å²) in [5, 5.41) is 41.9. The molecule has 0 aromatic heterocycles. The van der Waals surface area contributed by atoms with Gasteiger partial charge in [-0.15, -0.1) is 0 Å². The molecule has 0 radical (unpaired) electrons. The van der Waals surface area contributed by atoms with Crippen LogP contribution in [-0.4, -0.2) is 42.8 Å². The SMILES string of the molecule is CC(C)CC(C)(O)C(C)(O)C#CC(C)(O)C(C)(O)CC(C)C. The fourth-order valence-corrected chi connectivity index (χ4v) is 2.50. The molecule has 4 nitrogen and oxygen atoms in total. The summed E-state index contributed by atoms with van der Waals surface area (Å²) in [7, 11) is 0. The van der Waals surface area contributed by atoms with E-state index in [1.807, 2.05) is 27.7 Å². The van der Waals surface area contributed by atoms with Crippen LogP contribution in [0.25, 0.3) is 0 Å². The zero-order chi connectivity index (χ0) is 18.0. The second-order valence-corrected chi connectivity index (χ2v) is 8.14. The van der Waals surface area contributed by atoms with Crippen LogP contribution in [0.2, 0.25) is 0 Å². The summed E-state index contributed by atoms with van der Waals surface area (Å²) in [5.74, 6) is 5.52. The average Bonchev–Trinajstić information content (AvgIpc) is 2.22. The summed E-state index contributed by atoms with van der Waals surface area (Å²) < 4.78 is 0. The third kappa shape index (κ3) is 5.55. The molecule has 4 N–H and O–H groups in total.